The second kappa shape index (κ2) is 8.54. The molecule has 1 aromatic carbocycles. The lowest BCUT2D eigenvalue weighted by Gasteiger charge is -2.35. The van der Waals surface area contributed by atoms with Crippen molar-refractivity contribution in [3.8, 4) is 5.75 Å². The molecule has 1 aliphatic heterocycles. The minimum atomic E-state index is -0.108. The molecule has 0 radical (unpaired) electrons. The largest absolute Gasteiger partial charge is 0.497 e. The molecule has 0 aromatic heterocycles. The number of anilines is 1. The topological polar surface area (TPSA) is 65.1 Å². The number of piperazine rings is 1. The average molecular weight is 334 g/mol. The van der Waals surface area contributed by atoms with Crippen LogP contribution >= 0.6 is 0 Å². The third kappa shape index (κ3) is 5.13. The number of nitrogens with one attached hydrogen (secondary N) is 1. The number of nitrogens with zero attached hydrogens (tertiary/aromatic N) is 3. The summed E-state index contributed by atoms with van der Waals surface area (Å²) >= 11 is 0. The molecule has 0 bridgehead atoms. The molecule has 1 aliphatic rings. The highest BCUT2D eigenvalue weighted by atomic mass is 16.5. The van der Waals surface area contributed by atoms with Crippen molar-refractivity contribution in [3.05, 3.63) is 24.3 Å². The van der Waals surface area contributed by atoms with Gasteiger partial charge in [0.1, 0.15) is 5.75 Å². The fourth-order valence-electron chi connectivity index (χ4n) is 2.55. The van der Waals surface area contributed by atoms with E-state index in [4.69, 9.17) is 4.74 Å². The van der Waals surface area contributed by atoms with Crippen molar-refractivity contribution in [1.29, 1.82) is 0 Å². The van der Waals surface area contributed by atoms with E-state index in [0.717, 1.165) is 37.6 Å². The van der Waals surface area contributed by atoms with E-state index in [1.807, 2.05) is 24.3 Å². The van der Waals surface area contributed by atoms with Crippen molar-refractivity contribution in [2.75, 3.05) is 65.4 Å². The Hall–Kier alpha value is -2.28. The van der Waals surface area contributed by atoms with Gasteiger partial charge in [-0.3, -0.25) is 14.5 Å². The van der Waals surface area contributed by atoms with Crippen molar-refractivity contribution in [2.24, 2.45) is 0 Å². The number of amides is 2. The Labute approximate surface area is 143 Å². The zero-order valence-corrected chi connectivity index (χ0v) is 14.6. The summed E-state index contributed by atoms with van der Waals surface area (Å²) in [7, 11) is 5.00. The van der Waals surface area contributed by atoms with E-state index in [1.54, 1.807) is 21.2 Å². The van der Waals surface area contributed by atoms with Crippen LogP contribution in [0.5, 0.6) is 5.75 Å². The summed E-state index contributed by atoms with van der Waals surface area (Å²) in [6.07, 6.45) is 0. The van der Waals surface area contributed by atoms with E-state index < -0.39 is 0 Å². The summed E-state index contributed by atoms with van der Waals surface area (Å²) in [4.78, 5) is 29.2. The molecule has 1 fully saturated rings. The van der Waals surface area contributed by atoms with E-state index >= 15 is 0 Å². The number of benzene rings is 1. The molecule has 1 aromatic rings. The maximum Gasteiger partial charge on any atom is 0.241 e. The highest BCUT2D eigenvalue weighted by Gasteiger charge is 2.19. The second-order valence-electron chi connectivity index (χ2n) is 6.03. The van der Waals surface area contributed by atoms with Gasteiger partial charge in [0.05, 0.1) is 20.2 Å². The van der Waals surface area contributed by atoms with Gasteiger partial charge in [0, 0.05) is 46.0 Å². The first kappa shape index (κ1) is 18.1. The SMILES string of the molecule is COc1ccc(N2CCN(CC(=O)NCC(=O)N(C)C)CC2)cc1. The van der Waals surface area contributed by atoms with Crippen LogP contribution in [0, 0.1) is 0 Å². The van der Waals surface area contributed by atoms with Crippen LogP contribution in [-0.2, 0) is 9.59 Å². The summed E-state index contributed by atoms with van der Waals surface area (Å²) in [5, 5.41) is 2.67. The standard InChI is InChI=1S/C17H26N4O3/c1-19(2)17(23)12-18-16(22)13-20-8-10-21(11-9-20)14-4-6-15(24-3)7-5-14/h4-7H,8-13H2,1-3H3,(H,18,22). The number of hydrogen-bond donors (Lipinski definition) is 1. The zero-order valence-electron chi connectivity index (χ0n) is 14.6. The fraction of sp³-hybridized carbons (Fsp3) is 0.529. The normalized spacial score (nSPS) is 15.0. The first-order valence-electron chi connectivity index (χ1n) is 8.08. The minimum Gasteiger partial charge on any atom is -0.497 e. The predicted octanol–water partition coefficient (Wildman–Crippen LogP) is 0.0216. The molecule has 1 saturated heterocycles. The van der Waals surface area contributed by atoms with Gasteiger partial charge in [-0.05, 0) is 24.3 Å². The molecule has 2 rings (SSSR count). The van der Waals surface area contributed by atoms with Crippen LogP contribution < -0.4 is 15.0 Å². The number of hydrogen-bond acceptors (Lipinski definition) is 5. The lowest BCUT2D eigenvalue weighted by molar-refractivity contribution is -0.131. The fourth-order valence-corrected chi connectivity index (χ4v) is 2.55. The van der Waals surface area contributed by atoms with Gasteiger partial charge in [-0.2, -0.15) is 0 Å². The van der Waals surface area contributed by atoms with Crippen LogP contribution in [0.2, 0.25) is 0 Å². The van der Waals surface area contributed by atoms with Crippen LogP contribution in [0.1, 0.15) is 0 Å². The van der Waals surface area contributed by atoms with Gasteiger partial charge in [0.25, 0.3) is 0 Å². The smallest absolute Gasteiger partial charge is 0.241 e. The molecule has 132 valence electrons. The molecule has 24 heavy (non-hydrogen) atoms. The van der Waals surface area contributed by atoms with Crippen LogP contribution in [0.3, 0.4) is 0 Å². The maximum absolute atomic E-state index is 11.9. The third-order valence-electron chi connectivity index (χ3n) is 4.11. The van der Waals surface area contributed by atoms with Crippen LogP contribution in [0.15, 0.2) is 24.3 Å². The molecular formula is C17H26N4O3. The van der Waals surface area contributed by atoms with Gasteiger partial charge in [-0.1, -0.05) is 0 Å². The monoisotopic (exact) mass is 334 g/mol. The van der Waals surface area contributed by atoms with E-state index in [1.165, 1.54) is 4.90 Å². The number of carbonyl (C=O) groups excluding carboxylic acids is 2. The highest BCUT2D eigenvalue weighted by Crippen LogP contribution is 2.20. The molecule has 1 N–H and O–H groups in total. The summed E-state index contributed by atoms with van der Waals surface area (Å²) in [5.41, 5.74) is 1.16. The Bertz CT molecular complexity index is 551. The quantitative estimate of drug-likeness (QED) is 0.795. The van der Waals surface area contributed by atoms with E-state index in [2.05, 4.69) is 15.1 Å². The van der Waals surface area contributed by atoms with Gasteiger partial charge in [-0.15, -0.1) is 0 Å². The Morgan fingerprint density at radius 3 is 2.29 bits per heavy atom. The minimum absolute atomic E-state index is 0.0532. The maximum atomic E-state index is 11.9. The van der Waals surface area contributed by atoms with E-state index in [9.17, 15) is 9.59 Å². The van der Waals surface area contributed by atoms with Gasteiger partial charge < -0.3 is 19.9 Å². The molecule has 7 nitrogen and oxygen atoms in total. The number of likely N-dealkylation sites (N-methyl/N-ethyl adjacent to an activating group) is 1. The molecule has 2 amide bonds. The van der Waals surface area contributed by atoms with Gasteiger partial charge in [-0.25, -0.2) is 0 Å². The molecule has 7 heteroatoms. The first-order valence-corrected chi connectivity index (χ1v) is 8.08. The molecule has 0 aliphatic carbocycles. The first-order chi connectivity index (χ1) is 11.5. The average Bonchev–Trinajstić information content (AvgIpc) is 2.60. The van der Waals surface area contributed by atoms with Crippen LogP contribution in [0.4, 0.5) is 5.69 Å². The van der Waals surface area contributed by atoms with E-state index in [0.29, 0.717) is 6.54 Å². The molecule has 0 unspecified atom stereocenters. The number of carbonyl (C=O) groups is 2. The Kier molecular flexibility index (Phi) is 6.43. The zero-order chi connectivity index (χ0) is 17.5. The van der Waals surface area contributed by atoms with Crippen molar-refractivity contribution in [2.45, 2.75) is 0 Å². The van der Waals surface area contributed by atoms with Crippen molar-refractivity contribution in [1.82, 2.24) is 15.1 Å². The Morgan fingerprint density at radius 2 is 1.75 bits per heavy atom. The molecule has 0 atom stereocenters. The van der Waals surface area contributed by atoms with Crippen LogP contribution in [0.25, 0.3) is 0 Å². The summed E-state index contributed by atoms with van der Waals surface area (Å²) in [6, 6.07) is 8.01. The predicted molar refractivity (Wildman–Crippen MR) is 93.4 cm³/mol. The Morgan fingerprint density at radius 1 is 1.12 bits per heavy atom. The van der Waals surface area contributed by atoms with Crippen molar-refractivity contribution >= 4 is 17.5 Å². The number of rotatable bonds is 6. The lowest BCUT2D eigenvalue weighted by Crippen LogP contribution is -2.50. The second-order valence-corrected chi connectivity index (χ2v) is 6.03. The van der Waals surface area contributed by atoms with Gasteiger partial charge in [0.15, 0.2) is 0 Å². The summed E-state index contributed by atoms with van der Waals surface area (Å²) < 4.78 is 5.17. The van der Waals surface area contributed by atoms with Gasteiger partial charge >= 0.3 is 0 Å². The van der Waals surface area contributed by atoms with Gasteiger partial charge in [0.2, 0.25) is 11.8 Å². The number of ether oxygens (including phenoxy) is 1. The Balaban J connectivity index is 1.74. The van der Waals surface area contributed by atoms with E-state index in [-0.39, 0.29) is 18.4 Å². The third-order valence-corrected chi connectivity index (χ3v) is 4.11. The highest BCUT2D eigenvalue weighted by molar-refractivity contribution is 5.85. The lowest BCUT2D eigenvalue weighted by atomic mass is 10.2. The summed E-state index contributed by atoms with van der Waals surface area (Å²) in [6.45, 7) is 3.77. The van der Waals surface area contributed by atoms with Crippen molar-refractivity contribution in [3.63, 3.8) is 0 Å². The summed E-state index contributed by atoms with van der Waals surface area (Å²) in [5.74, 6) is 0.636. The molecule has 0 saturated carbocycles. The van der Waals surface area contributed by atoms with Crippen molar-refractivity contribution < 1.29 is 14.3 Å². The molecule has 0 spiro atoms. The van der Waals surface area contributed by atoms with Crippen LogP contribution in [-0.4, -0.2) is 82.1 Å². The number of methoxy groups -OCH3 is 1. The molecular weight excluding hydrogens is 308 g/mol. The molecule has 1 heterocycles.